The molecule has 0 radical (unpaired) electrons. The predicted molar refractivity (Wildman–Crippen MR) is 42.2 cm³/mol. The average molecular weight is 204 g/mol. The van der Waals surface area contributed by atoms with Crippen molar-refractivity contribution in [2.45, 2.75) is 6.43 Å². The maximum absolute atomic E-state index is 12.3. The van der Waals surface area contributed by atoms with Crippen molar-refractivity contribution in [3.8, 4) is 5.75 Å². The van der Waals surface area contributed by atoms with E-state index >= 15 is 0 Å². The van der Waals surface area contributed by atoms with E-state index in [4.69, 9.17) is 15.9 Å². The summed E-state index contributed by atoms with van der Waals surface area (Å²) in [6.45, 7) is 0. The van der Waals surface area contributed by atoms with Crippen molar-refractivity contribution in [2.75, 3.05) is 5.73 Å². The molecule has 0 aliphatic heterocycles. The number of carboxylic acid groups (broad SMARTS) is 1. The molecule has 14 heavy (non-hydrogen) atoms. The largest absolute Gasteiger partial charge is 0.504 e. The minimum atomic E-state index is -3.12. The molecule has 5 nitrogen and oxygen atoms in total. The third-order valence-electron chi connectivity index (χ3n) is 1.57. The van der Waals surface area contributed by atoms with Gasteiger partial charge in [0, 0.05) is 6.20 Å². The molecular weight excluding hydrogens is 198 g/mol. The van der Waals surface area contributed by atoms with Crippen LogP contribution in [0.5, 0.6) is 5.75 Å². The van der Waals surface area contributed by atoms with Crippen LogP contribution in [0.4, 0.5) is 14.6 Å². The number of rotatable bonds is 2. The minimum Gasteiger partial charge on any atom is -0.504 e. The van der Waals surface area contributed by atoms with Crippen LogP contribution in [0.15, 0.2) is 6.20 Å². The van der Waals surface area contributed by atoms with E-state index in [-0.39, 0.29) is 0 Å². The van der Waals surface area contributed by atoms with E-state index < -0.39 is 35.1 Å². The summed E-state index contributed by atoms with van der Waals surface area (Å²) in [5.74, 6) is -3.10. The van der Waals surface area contributed by atoms with Crippen LogP contribution in [0, 0.1) is 0 Å². The average Bonchev–Trinajstić information content (AvgIpc) is 2.08. The Morgan fingerprint density at radius 3 is 2.57 bits per heavy atom. The molecule has 1 aromatic heterocycles. The number of nitrogens with zero attached hydrogens (tertiary/aromatic N) is 1. The fourth-order valence-corrected chi connectivity index (χ4v) is 0.922. The van der Waals surface area contributed by atoms with Gasteiger partial charge in [0.2, 0.25) is 0 Å². The quantitative estimate of drug-likeness (QED) is 0.667. The normalized spacial score (nSPS) is 10.5. The zero-order valence-corrected chi connectivity index (χ0v) is 6.74. The van der Waals surface area contributed by atoms with Crippen LogP contribution in [0.1, 0.15) is 22.3 Å². The van der Waals surface area contributed by atoms with E-state index in [0.29, 0.717) is 6.20 Å². The first-order valence-corrected chi connectivity index (χ1v) is 3.44. The molecule has 0 aliphatic carbocycles. The minimum absolute atomic E-state index is 0.523. The molecule has 0 atom stereocenters. The number of carboxylic acids is 1. The highest BCUT2D eigenvalue weighted by atomic mass is 19.3. The number of aromatic carboxylic acids is 1. The SMILES string of the molecule is Nc1ncc(C(=O)O)c(C(F)F)c1O. The van der Waals surface area contributed by atoms with Crippen molar-refractivity contribution in [3.63, 3.8) is 0 Å². The summed E-state index contributed by atoms with van der Waals surface area (Å²) < 4.78 is 24.6. The molecule has 0 aliphatic rings. The number of nitrogens with two attached hydrogens (primary N) is 1. The van der Waals surface area contributed by atoms with Crippen LogP contribution in [-0.2, 0) is 0 Å². The van der Waals surface area contributed by atoms with Gasteiger partial charge in [-0.05, 0) is 0 Å². The molecule has 0 saturated heterocycles. The summed E-state index contributed by atoms with van der Waals surface area (Å²) in [7, 11) is 0. The summed E-state index contributed by atoms with van der Waals surface area (Å²) in [4.78, 5) is 13.7. The number of hydrogen-bond acceptors (Lipinski definition) is 4. The highest BCUT2D eigenvalue weighted by Gasteiger charge is 2.24. The number of halogens is 2. The molecule has 76 valence electrons. The lowest BCUT2D eigenvalue weighted by molar-refractivity contribution is 0.0682. The second-order valence-electron chi connectivity index (χ2n) is 2.43. The number of anilines is 1. The number of carbonyl (C=O) groups is 1. The zero-order valence-electron chi connectivity index (χ0n) is 6.74. The maximum atomic E-state index is 12.3. The second kappa shape index (κ2) is 3.44. The van der Waals surface area contributed by atoms with E-state index in [9.17, 15) is 13.6 Å². The first kappa shape index (κ1) is 10.2. The molecule has 0 unspecified atom stereocenters. The van der Waals surface area contributed by atoms with Gasteiger partial charge in [-0.15, -0.1) is 0 Å². The number of aromatic nitrogens is 1. The Morgan fingerprint density at radius 1 is 1.57 bits per heavy atom. The molecule has 0 fully saturated rings. The summed E-state index contributed by atoms with van der Waals surface area (Å²) in [6.07, 6.45) is -2.44. The topological polar surface area (TPSA) is 96.4 Å². The lowest BCUT2D eigenvalue weighted by atomic mass is 10.1. The summed E-state index contributed by atoms with van der Waals surface area (Å²) in [6, 6.07) is 0. The highest BCUT2D eigenvalue weighted by molar-refractivity contribution is 5.90. The van der Waals surface area contributed by atoms with Gasteiger partial charge in [0.1, 0.15) is 0 Å². The fraction of sp³-hybridized carbons (Fsp3) is 0.143. The summed E-state index contributed by atoms with van der Waals surface area (Å²) in [5, 5.41) is 17.6. The molecule has 4 N–H and O–H groups in total. The smallest absolute Gasteiger partial charge is 0.337 e. The van der Waals surface area contributed by atoms with Gasteiger partial charge >= 0.3 is 5.97 Å². The van der Waals surface area contributed by atoms with E-state index in [1.807, 2.05) is 0 Å². The van der Waals surface area contributed by atoms with Crippen LogP contribution in [-0.4, -0.2) is 21.2 Å². The van der Waals surface area contributed by atoms with Gasteiger partial charge in [-0.3, -0.25) is 0 Å². The Hall–Kier alpha value is -1.92. The van der Waals surface area contributed by atoms with Crippen LogP contribution in [0.25, 0.3) is 0 Å². The van der Waals surface area contributed by atoms with Crippen LogP contribution in [0.2, 0.25) is 0 Å². The van der Waals surface area contributed by atoms with E-state index in [1.54, 1.807) is 0 Å². The van der Waals surface area contributed by atoms with Crippen molar-refractivity contribution >= 4 is 11.8 Å². The van der Waals surface area contributed by atoms with Crippen molar-refractivity contribution < 1.29 is 23.8 Å². The highest BCUT2D eigenvalue weighted by Crippen LogP contribution is 2.34. The molecular formula is C7H6F2N2O3. The third-order valence-corrected chi connectivity index (χ3v) is 1.57. The Labute approximate surface area is 76.8 Å². The fourth-order valence-electron chi connectivity index (χ4n) is 0.922. The number of hydrogen-bond donors (Lipinski definition) is 3. The lowest BCUT2D eigenvalue weighted by Crippen LogP contribution is -2.06. The van der Waals surface area contributed by atoms with Gasteiger partial charge in [0.15, 0.2) is 11.6 Å². The van der Waals surface area contributed by atoms with Crippen molar-refractivity contribution in [1.29, 1.82) is 0 Å². The van der Waals surface area contributed by atoms with Crippen molar-refractivity contribution in [1.82, 2.24) is 4.98 Å². The van der Waals surface area contributed by atoms with Gasteiger partial charge < -0.3 is 15.9 Å². The molecule has 0 aromatic carbocycles. The van der Waals surface area contributed by atoms with Gasteiger partial charge in [0.05, 0.1) is 11.1 Å². The molecule has 0 saturated carbocycles. The number of alkyl halides is 2. The zero-order chi connectivity index (χ0) is 10.9. The molecule has 1 rings (SSSR count). The Morgan fingerprint density at radius 2 is 2.14 bits per heavy atom. The van der Waals surface area contributed by atoms with Crippen molar-refractivity contribution in [2.24, 2.45) is 0 Å². The lowest BCUT2D eigenvalue weighted by Gasteiger charge is -2.08. The molecule has 1 heterocycles. The van der Waals surface area contributed by atoms with Gasteiger partial charge in [-0.25, -0.2) is 18.6 Å². The number of pyridine rings is 1. The van der Waals surface area contributed by atoms with Crippen LogP contribution < -0.4 is 5.73 Å². The van der Waals surface area contributed by atoms with E-state index in [2.05, 4.69) is 4.98 Å². The summed E-state index contributed by atoms with van der Waals surface area (Å²) >= 11 is 0. The standard InChI is InChI=1S/C7H6F2N2O3/c8-5(9)3-2(7(13)14)1-11-6(10)4(3)12/h1,5,12H,(H2,10,11)(H,13,14). The first-order valence-electron chi connectivity index (χ1n) is 3.44. The van der Waals surface area contributed by atoms with E-state index in [0.717, 1.165) is 0 Å². The van der Waals surface area contributed by atoms with Gasteiger partial charge in [-0.1, -0.05) is 0 Å². The molecule has 0 spiro atoms. The van der Waals surface area contributed by atoms with Crippen LogP contribution >= 0.6 is 0 Å². The monoisotopic (exact) mass is 204 g/mol. The number of nitrogen functional groups attached to an aromatic ring is 1. The second-order valence-corrected chi connectivity index (χ2v) is 2.43. The predicted octanol–water partition coefficient (Wildman–Crippen LogP) is 1.01. The molecule has 7 heteroatoms. The van der Waals surface area contributed by atoms with Crippen LogP contribution in [0.3, 0.4) is 0 Å². The molecule has 0 amide bonds. The van der Waals surface area contributed by atoms with Crippen molar-refractivity contribution in [3.05, 3.63) is 17.3 Å². The third kappa shape index (κ3) is 1.56. The molecule has 1 aromatic rings. The van der Waals surface area contributed by atoms with Gasteiger partial charge in [-0.2, -0.15) is 0 Å². The summed E-state index contributed by atoms with van der Waals surface area (Å²) in [5.41, 5.74) is 3.27. The molecule has 0 bridgehead atoms. The van der Waals surface area contributed by atoms with E-state index in [1.165, 1.54) is 0 Å². The van der Waals surface area contributed by atoms with Gasteiger partial charge in [0.25, 0.3) is 6.43 Å². The number of aromatic hydroxyl groups is 1. The maximum Gasteiger partial charge on any atom is 0.337 e. The Balaban J connectivity index is 3.45. The Kier molecular flexibility index (Phi) is 2.50. The first-order chi connectivity index (χ1) is 6.45. The Bertz CT molecular complexity index is 381.